The van der Waals surface area contributed by atoms with Crippen LogP contribution in [0.5, 0.6) is 0 Å². The first kappa shape index (κ1) is 18.5. The molecular formula is C30H20O2. The maximum atomic E-state index is 6.59. The van der Waals surface area contributed by atoms with Crippen LogP contribution in [0.1, 0.15) is 0 Å². The molecule has 0 saturated heterocycles. The van der Waals surface area contributed by atoms with Gasteiger partial charge in [0.25, 0.3) is 0 Å². The number of benzene rings is 4. The van der Waals surface area contributed by atoms with Crippen LogP contribution in [-0.4, -0.2) is 0 Å². The van der Waals surface area contributed by atoms with Gasteiger partial charge in [0.1, 0.15) is 23.0 Å². The lowest BCUT2D eigenvalue weighted by Gasteiger charge is -2.01. The zero-order valence-electron chi connectivity index (χ0n) is 17.4. The van der Waals surface area contributed by atoms with E-state index in [9.17, 15) is 0 Å². The normalized spacial score (nSPS) is 11.1. The van der Waals surface area contributed by atoms with Crippen molar-refractivity contribution in [2.24, 2.45) is 0 Å². The SMILES string of the molecule is c1ccc(-c2cc(-c3oc(-c4ccccc4)c4ccccc34)c(-c3ccccc3)o2)cc1. The lowest BCUT2D eigenvalue weighted by atomic mass is 10.0. The smallest absolute Gasteiger partial charge is 0.146 e. The van der Waals surface area contributed by atoms with Gasteiger partial charge in [-0.15, -0.1) is 0 Å². The van der Waals surface area contributed by atoms with Crippen molar-refractivity contribution in [3.63, 3.8) is 0 Å². The zero-order chi connectivity index (χ0) is 21.3. The highest BCUT2D eigenvalue weighted by Crippen LogP contribution is 2.45. The molecule has 6 aromatic rings. The average molecular weight is 412 g/mol. The molecule has 0 aliphatic carbocycles. The highest BCUT2D eigenvalue weighted by molar-refractivity contribution is 6.04. The van der Waals surface area contributed by atoms with Gasteiger partial charge in [0.05, 0.1) is 5.56 Å². The first-order valence-corrected chi connectivity index (χ1v) is 10.7. The summed E-state index contributed by atoms with van der Waals surface area (Å²) in [5.74, 6) is 3.33. The second-order valence-corrected chi connectivity index (χ2v) is 7.76. The maximum Gasteiger partial charge on any atom is 0.146 e. The predicted octanol–water partition coefficient (Wildman–Crippen LogP) is 8.69. The van der Waals surface area contributed by atoms with Gasteiger partial charge in [-0.3, -0.25) is 0 Å². The fourth-order valence-corrected chi connectivity index (χ4v) is 4.20. The number of hydrogen-bond donors (Lipinski definition) is 0. The van der Waals surface area contributed by atoms with Gasteiger partial charge in [0.2, 0.25) is 0 Å². The highest BCUT2D eigenvalue weighted by Gasteiger charge is 2.23. The van der Waals surface area contributed by atoms with Gasteiger partial charge in [0.15, 0.2) is 0 Å². The van der Waals surface area contributed by atoms with Gasteiger partial charge in [0, 0.05) is 27.5 Å². The lowest BCUT2D eigenvalue weighted by molar-refractivity contribution is 0.587. The molecule has 32 heavy (non-hydrogen) atoms. The largest absolute Gasteiger partial charge is 0.455 e. The van der Waals surface area contributed by atoms with E-state index in [0.717, 1.165) is 56.1 Å². The fourth-order valence-electron chi connectivity index (χ4n) is 4.20. The molecule has 4 aromatic carbocycles. The minimum atomic E-state index is 0.809. The summed E-state index contributed by atoms with van der Waals surface area (Å²) in [6.07, 6.45) is 0. The second-order valence-electron chi connectivity index (χ2n) is 7.76. The van der Waals surface area contributed by atoms with Crippen LogP contribution in [0, 0.1) is 0 Å². The van der Waals surface area contributed by atoms with Crippen molar-refractivity contribution < 1.29 is 8.83 Å². The molecule has 2 nitrogen and oxygen atoms in total. The maximum absolute atomic E-state index is 6.59. The molecule has 0 spiro atoms. The molecule has 0 aliphatic rings. The molecular weight excluding hydrogens is 392 g/mol. The third kappa shape index (κ3) is 3.14. The molecule has 0 unspecified atom stereocenters. The number of furan rings is 2. The summed E-state index contributed by atoms with van der Waals surface area (Å²) in [4.78, 5) is 0. The number of rotatable bonds is 4. The van der Waals surface area contributed by atoms with E-state index in [4.69, 9.17) is 8.83 Å². The molecule has 6 rings (SSSR count). The predicted molar refractivity (Wildman–Crippen MR) is 130 cm³/mol. The first-order chi connectivity index (χ1) is 15.9. The van der Waals surface area contributed by atoms with E-state index in [1.165, 1.54) is 0 Å². The first-order valence-electron chi connectivity index (χ1n) is 10.7. The Bertz CT molecular complexity index is 1490. The summed E-state index contributed by atoms with van der Waals surface area (Å²) < 4.78 is 13.0. The molecule has 0 atom stereocenters. The van der Waals surface area contributed by atoms with E-state index >= 15 is 0 Å². The van der Waals surface area contributed by atoms with Gasteiger partial charge >= 0.3 is 0 Å². The van der Waals surface area contributed by atoms with Gasteiger partial charge in [-0.25, -0.2) is 0 Å². The highest BCUT2D eigenvalue weighted by atomic mass is 16.4. The van der Waals surface area contributed by atoms with Crippen LogP contribution in [0.15, 0.2) is 130 Å². The number of hydrogen-bond acceptors (Lipinski definition) is 2. The van der Waals surface area contributed by atoms with Crippen molar-refractivity contribution in [3.05, 3.63) is 121 Å². The Labute approximate surface area is 186 Å². The fraction of sp³-hybridized carbons (Fsp3) is 0. The van der Waals surface area contributed by atoms with Crippen molar-refractivity contribution in [1.82, 2.24) is 0 Å². The minimum Gasteiger partial charge on any atom is -0.455 e. The summed E-state index contributed by atoms with van der Waals surface area (Å²) in [6.45, 7) is 0. The van der Waals surface area contributed by atoms with Crippen molar-refractivity contribution in [2.45, 2.75) is 0 Å². The standard InChI is InChI=1S/C30H20O2/c1-4-12-21(13-5-1)27-20-26(29(31-27)23-16-8-3-9-17-23)30-25-19-11-10-18-24(25)28(32-30)22-14-6-2-7-15-22/h1-20H. The molecule has 0 aliphatic heterocycles. The van der Waals surface area contributed by atoms with Crippen LogP contribution in [0.2, 0.25) is 0 Å². The third-order valence-corrected chi connectivity index (χ3v) is 5.73. The average Bonchev–Trinajstić information content (AvgIpc) is 3.48. The lowest BCUT2D eigenvalue weighted by Crippen LogP contribution is -1.78. The molecule has 0 fully saturated rings. The third-order valence-electron chi connectivity index (χ3n) is 5.73. The van der Waals surface area contributed by atoms with Crippen molar-refractivity contribution >= 4 is 10.8 Å². The second kappa shape index (κ2) is 7.75. The van der Waals surface area contributed by atoms with Crippen LogP contribution in [0.25, 0.3) is 56.1 Å². The van der Waals surface area contributed by atoms with E-state index in [1.807, 2.05) is 54.6 Å². The van der Waals surface area contributed by atoms with Crippen molar-refractivity contribution in [2.75, 3.05) is 0 Å². The molecule has 0 radical (unpaired) electrons. The molecule has 0 N–H and O–H groups in total. The van der Waals surface area contributed by atoms with Crippen LogP contribution in [0.3, 0.4) is 0 Å². The molecule has 2 aromatic heterocycles. The summed E-state index contributed by atoms with van der Waals surface area (Å²) >= 11 is 0. The van der Waals surface area contributed by atoms with Crippen LogP contribution < -0.4 is 0 Å². The Hall–Kier alpha value is -4.30. The van der Waals surface area contributed by atoms with E-state index in [2.05, 4.69) is 66.7 Å². The van der Waals surface area contributed by atoms with E-state index in [-0.39, 0.29) is 0 Å². The molecule has 152 valence electrons. The van der Waals surface area contributed by atoms with E-state index in [1.54, 1.807) is 0 Å². The van der Waals surface area contributed by atoms with Gasteiger partial charge in [-0.05, 0) is 6.07 Å². The summed E-state index contributed by atoms with van der Waals surface area (Å²) in [5.41, 5.74) is 4.07. The monoisotopic (exact) mass is 412 g/mol. The van der Waals surface area contributed by atoms with Gasteiger partial charge in [-0.2, -0.15) is 0 Å². The van der Waals surface area contributed by atoms with Crippen LogP contribution in [0.4, 0.5) is 0 Å². The molecule has 2 heterocycles. The topological polar surface area (TPSA) is 26.3 Å². The molecule has 0 saturated carbocycles. The quantitative estimate of drug-likeness (QED) is 0.289. The Morgan fingerprint density at radius 1 is 0.375 bits per heavy atom. The minimum absolute atomic E-state index is 0.809. The Balaban J connectivity index is 1.63. The van der Waals surface area contributed by atoms with Crippen molar-refractivity contribution in [1.29, 1.82) is 0 Å². The van der Waals surface area contributed by atoms with Crippen molar-refractivity contribution in [3.8, 4) is 45.3 Å². The summed E-state index contributed by atoms with van der Waals surface area (Å²) in [5, 5.41) is 2.17. The summed E-state index contributed by atoms with van der Waals surface area (Å²) in [7, 11) is 0. The zero-order valence-corrected chi connectivity index (χ0v) is 17.4. The Morgan fingerprint density at radius 3 is 1.44 bits per heavy atom. The number of fused-ring (bicyclic) bond motifs is 1. The molecule has 2 heteroatoms. The molecule has 0 bridgehead atoms. The van der Waals surface area contributed by atoms with Crippen LogP contribution >= 0.6 is 0 Å². The summed E-state index contributed by atoms with van der Waals surface area (Å²) in [6, 6.07) is 41.1. The Kier molecular flexibility index (Phi) is 4.47. The van der Waals surface area contributed by atoms with E-state index in [0.29, 0.717) is 0 Å². The van der Waals surface area contributed by atoms with Gasteiger partial charge in [-0.1, -0.05) is 115 Å². The Morgan fingerprint density at radius 2 is 0.844 bits per heavy atom. The van der Waals surface area contributed by atoms with E-state index < -0.39 is 0 Å². The van der Waals surface area contributed by atoms with Gasteiger partial charge < -0.3 is 8.83 Å². The molecule has 0 amide bonds. The van der Waals surface area contributed by atoms with Crippen LogP contribution in [-0.2, 0) is 0 Å².